The predicted octanol–water partition coefficient (Wildman–Crippen LogP) is 4.47. The van der Waals surface area contributed by atoms with Crippen LogP contribution in [0.25, 0.3) is 10.9 Å². The standard InChI is InChI=1S/C17H24N2O/c1-13(11-17(2,3)4)9-10-20-16-14-7-5-6-8-15(14)18-12-19-16/h5-8,12-13H,9-11H2,1-4H3. The fraction of sp³-hybridized carbons (Fsp3) is 0.529. The van der Waals surface area contributed by atoms with Crippen molar-refractivity contribution in [1.82, 2.24) is 9.97 Å². The van der Waals surface area contributed by atoms with Gasteiger partial charge in [-0.2, -0.15) is 0 Å². The number of fused-ring (bicyclic) bond motifs is 1. The lowest BCUT2D eigenvalue weighted by Gasteiger charge is -2.23. The molecule has 0 N–H and O–H groups in total. The summed E-state index contributed by atoms with van der Waals surface area (Å²) in [7, 11) is 0. The molecule has 1 aromatic carbocycles. The average Bonchev–Trinajstić information content (AvgIpc) is 2.37. The molecule has 0 fully saturated rings. The number of benzene rings is 1. The van der Waals surface area contributed by atoms with E-state index >= 15 is 0 Å². The maximum absolute atomic E-state index is 5.85. The quantitative estimate of drug-likeness (QED) is 0.805. The molecule has 3 heteroatoms. The molecule has 2 aromatic rings. The van der Waals surface area contributed by atoms with Crippen LogP contribution in [0.5, 0.6) is 5.88 Å². The van der Waals surface area contributed by atoms with Crippen molar-refractivity contribution in [2.24, 2.45) is 11.3 Å². The molecule has 2 rings (SSSR count). The largest absolute Gasteiger partial charge is 0.477 e. The Kier molecular flexibility index (Phi) is 4.58. The predicted molar refractivity (Wildman–Crippen MR) is 82.9 cm³/mol. The first-order valence-electron chi connectivity index (χ1n) is 7.28. The van der Waals surface area contributed by atoms with Gasteiger partial charge in [-0.15, -0.1) is 0 Å². The second kappa shape index (κ2) is 6.21. The fourth-order valence-electron chi connectivity index (χ4n) is 2.60. The van der Waals surface area contributed by atoms with Crippen LogP contribution < -0.4 is 4.74 Å². The van der Waals surface area contributed by atoms with E-state index in [1.807, 2.05) is 24.3 Å². The van der Waals surface area contributed by atoms with Crippen LogP contribution >= 0.6 is 0 Å². The number of para-hydroxylation sites is 1. The van der Waals surface area contributed by atoms with E-state index in [1.54, 1.807) is 6.33 Å². The molecule has 3 nitrogen and oxygen atoms in total. The molecule has 20 heavy (non-hydrogen) atoms. The number of rotatable bonds is 5. The zero-order valence-electron chi connectivity index (χ0n) is 12.9. The van der Waals surface area contributed by atoms with Crippen molar-refractivity contribution in [3.8, 4) is 5.88 Å². The number of hydrogen-bond donors (Lipinski definition) is 0. The van der Waals surface area contributed by atoms with Gasteiger partial charge in [0, 0.05) is 0 Å². The molecule has 1 heterocycles. The van der Waals surface area contributed by atoms with Gasteiger partial charge < -0.3 is 4.74 Å². The van der Waals surface area contributed by atoms with Crippen LogP contribution in [-0.4, -0.2) is 16.6 Å². The monoisotopic (exact) mass is 272 g/mol. The minimum atomic E-state index is 0.376. The lowest BCUT2D eigenvalue weighted by Crippen LogP contribution is -2.13. The van der Waals surface area contributed by atoms with Crippen molar-refractivity contribution < 1.29 is 4.74 Å². The summed E-state index contributed by atoms with van der Waals surface area (Å²) in [6, 6.07) is 7.95. The van der Waals surface area contributed by atoms with Gasteiger partial charge in [-0.3, -0.25) is 0 Å². The van der Waals surface area contributed by atoms with Crippen molar-refractivity contribution in [2.75, 3.05) is 6.61 Å². The highest BCUT2D eigenvalue weighted by molar-refractivity contribution is 5.82. The first kappa shape index (κ1) is 14.8. The Morgan fingerprint density at radius 2 is 1.90 bits per heavy atom. The molecule has 0 aliphatic rings. The SMILES string of the molecule is CC(CCOc1ncnc2ccccc12)CC(C)(C)C. The van der Waals surface area contributed by atoms with Crippen LogP contribution in [0.15, 0.2) is 30.6 Å². The van der Waals surface area contributed by atoms with E-state index in [0.717, 1.165) is 17.3 Å². The third kappa shape index (κ3) is 4.19. The summed E-state index contributed by atoms with van der Waals surface area (Å²) in [4.78, 5) is 8.49. The molecule has 1 aromatic heterocycles. The third-order valence-electron chi connectivity index (χ3n) is 3.32. The first-order chi connectivity index (χ1) is 9.46. The molecule has 1 unspecified atom stereocenters. The highest BCUT2D eigenvalue weighted by atomic mass is 16.5. The molecule has 1 atom stereocenters. The van der Waals surface area contributed by atoms with Crippen molar-refractivity contribution in [1.29, 1.82) is 0 Å². The Balaban J connectivity index is 1.93. The van der Waals surface area contributed by atoms with Gasteiger partial charge in [0.05, 0.1) is 17.5 Å². The van der Waals surface area contributed by atoms with Crippen LogP contribution in [0.3, 0.4) is 0 Å². The van der Waals surface area contributed by atoms with Crippen LogP contribution in [0.4, 0.5) is 0 Å². The molecule has 0 aliphatic carbocycles. The highest BCUT2D eigenvalue weighted by Crippen LogP contribution is 2.26. The van der Waals surface area contributed by atoms with Gasteiger partial charge in [0.25, 0.3) is 0 Å². The molecule has 108 valence electrons. The number of nitrogens with zero attached hydrogens (tertiary/aromatic N) is 2. The number of ether oxygens (including phenoxy) is 1. The molecule has 0 saturated carbocycles. The Morgan fingerprint density at radius 1 is 1.15 bits per heavy atom. The van der Waals surface area contributed by atoms with Gasteiger partial charge in [-0.1, -0.05) is 39.8 Å². The lowest BCUT2D eigenvalue weighted by molar-refractivity contribution is 0.237. The normalized spacial score (nSPS) is 13.4. The summed E-state index contributed by atoms with van der Waals surface area (Å²) < 4.78 is 5.85. The summed E-state index contributed by atoms with van der Waals surface area (Å²) in [5.41, 5.74) is 1.31. The van der Waals surface area contributed by atoms with Crippen molar-refractivity contribution >= 4 is 10.9 Å². The highest BCUT2D eigenvalue weighted by Gasteiger charge is 2.15. The maximum atomic E-state index is 5.85. The Hall–Kier alpha value is -1.64. The van der Waals surface area contributed by atoms with Gasteiger partial charge in [0.2, 0.25) is 5.88 Å². The molecular formula is C17H24N2O. The first-order valence-corrected chi connectivity index (χ1v) is 7.28. The molecule has 0 radical (unpaired) electrons. The van der Waals surface area contributed by atoms with Crippen LogP contribution in [0.1, 0.15) is 40.5 Å². The van der Waals surface area contributed by atoms with Crippen LogP contribution in [-0.2, 0) is 0 Å². The van der Waals surface area contributed by atoms with Crippen LogP contribution in [0.2, 0.25) is 0 Å². The van der Waals surface area contributed by atoms with E-state index in [4.69, 9.17) is 4.74 Å². The minimum absolute atomic E-state index is 0.376. The van der Waals surface area contributed by atoms with Crippen molar-refractivity contribution in [2.45, 2.75) is 40.5 Å². The molecule has 0 aliphatic heterocycles. The summed E-state index contributed by atoms with van der Waals surface area (Å²) in [6.45, 7) is 9.83. The minimum Gasteiger partial charge on any atom is -0.477 e. The van der Waals surface area contributed by atoms with E-state index < -0.39 is 0 Å². The Labute approximate surface area is 121 Å². The summed E-state index contributed by atoms with van der Waals surface area (Å²) >= 11 is 0. The summed E-state index contributed by atoms with van der Waals surface area (Å²) in [6.07, 6.45) is 3.83. The van der Waals surface area contributed by atoms with Crippen molar-refractivity contribution in [3.05, 3.63) is 30.6 Å². The number of hydrogen-bond acceptors (Lipinski definition) is 3. The average molecular weight is 272 g/mol. The van der Waals surface area contributed by atoms with Gasteiger partial charge >= 0.3 is 0 Å². The van der Waals surface area contributed by atoms with Gasteiger partial charge in [0.15, 0.2) is 0 Å². The van der Waals surface area contributed by atoms with Crippen LogP contribution in [0, 0.1) is 11.3 Å². The van der Waals surface area contributed by atoms with E-state index in [1.165, 1.54) is 6.42 Å². The molecule has 0 spiro atoms. The number of aromatic nitrogens is 2. The Morgan fingerprint density at radius 3 is 2.65 bits per heavy atom. The fourth-order valence-corrected chi connectivity index (χ4v) is 2.60. The second-order valence-corrected chi connectivity index (χ2v) is 6.70. The molecular weight excluding hydrogens is 248 g/mol. The van der Waals surface area contributed by atoms with E-state index in [-0.39, 0.29) is 0 Å². The third-order valence-corrected chi connectivity index (χ3v) is 3.32. The molecule has 0 bridgehead atoms. The molecule has 0 amide bonds. The topological polar surface area (TPSA) is 35.0 Å². The lowest BCUT2D eigenvalue weighted by atomic mass is 9.84. The summed E-state index contributed by atoms with van der Waals surface area (Å²) in [5.74, 6) is 1.35. The maximum Gasteiger partial charge on any atom is 0.224 e. The smallest absolute Gasteiger partial charge is 0.224 e. The van der Waals surface area contributed by atoms with Gasteiger partial charge in [-0.05, 0) is 36.3 Å². The van der Waals surface area contributed by atoms with Crippen molar-refractivity contribution in [3.63, 3.8) is 0 Å². The van der Waals surface area contributed by atoms with E-state index in [0.29, 0.717) is 23.8 Å². The summed E-state index contributed by atoms with van der Waals surface area (Å²) in [5, 5.41) is 0.985. The van der Waals surface area contributed by atoms with E-state index in [2.05, 4.69) is 37.7 Å². The van der Waals surface area contributed by atoms with Gasteiger partial charge in [0.1, 0.15) is 6.33 Å². The molecule has 0 saturated heterocycles. The second-order valence-electron chi connectivity index (χ2n) is 6.70. The van der Waals surface area contributed by atoms with E-state index in [9.17, 15) is 0 Å². The zero-order chi connectivity index (χ0) is 14.6. The zero-order valence-corrected chi connectivity index (χ0v) is 12.9. The van der Waals surface area contributed by atoms with Gasteiger partial charge in [-0.25, -0.2) is 9.97 Å². The Bertz CT molecular complexity index is 555.